The number of rotatable bonds is 7. The molecule has 20 heavy (non-hydrogen) atoms. The molecular weight excluding hydrogens is 274 g/mol. The number of hydrogen-bond donors (Lipinski definition) is 1. The summed E-state index contributed by atoms with van der Waals surface area (Å²) in [6.07, 6.45) is 7.78. The van der Waals surface area contributed by atoms with Crippen molar-refractivity contribution in [2.75, 3.05) is 18.1 Å². The van der Waals surface area contributed by atoms with Crippen LogP contribution in [0.15, 0.2) is 12.4 Å². The van der Waals surface area contributed by atoms with Gasteiger partial charge in [0.15, 0.2) is 9.84 Å². The summed E-state index contributed by atoms with van der Waals surface area (Å²) in [5.74, 6) is 1.08. The van der Waals surface area contributed by atoms with Crippen molar-refractivity contribution in [3.8, 4) is 0 Å². The predicted octanol–water partition coefficient (Wildman–Crippen LogP) is 1.16. The fraction of sp³-hybridized carbons (Fsp3) is 0.786. The van der Waals surface area contributed by atoms with Crippen LogP contribution in [0.2, 0.25) is 0 Å². The smallest absolute Gasteiger partial charge is 0.150 e. The zero-order chi connectivity index (χ0) is 14.6. The lowest BCUT2D eigenvalue weighted by atomic mass is 9.95. The molecule has 5 nitrogen and oxygen atoms in total. The Hall–Kier alpha value is -0.880. The topological polar surface area (TPSA) is 64.0 Å². The van der Waals surface area contributed by atoms with Crippen molar-refractivity contribution in [1.82, 2.24) is 15.1 Å². The summed E-state index contributed by atoms with van der Waals surface area (Å²) in [7, 11) is -0.836. The molecule has 2 rings (SSSR count). The van der Waals surface area contributed by atoms with Gasteiger partial charge in [-0.1, -0.05) is 6.92 Å². The van der Waals surface area contributed by atoms with Crippen LogP contribution >= 0.6 is 0 Å². The average Bonchev–Trinajstić information content (AvgIpc) is 2.93. The van der Waals surface area contributed by atoms with Crippen molar-refractivity contribution in [1.29, 1.82) is 0 Å². The van der Waals surface area contributed by atoms with Gasteiger partial charge in [-0.25, -0.2) is 8.42 Å². The van der Waals surface area contributed by atoms with E-state index >= 15 is 0 Å². The molecule has 1 N–H and O–H groups in total. The number of nitrogens with one attached hydrogen (secondary N) is 1. The molecule has 6 heteroatoms. The Morgan fingerprint density at radius 1 is 1.55 bits per heavy atom. The van der Waals surface area contributed by atoms with Gasteiger partial charge in [0.05, 0.1) is 17.7 Å². The molecule has 0 spiro atoms. The van der Waals surface area contributed by atoms with Gasteiger partial charge in [0.2, 0.25) is 0 Å². The van der Waals surface area contributed by atoms with Gasteiger partial charge in [-0.15, -0.1) is 0 Å². The van der Waals surface area contributed by atoms with E-state index in [4.69, 9.17) is 0 Å². The minimum absolute atomic E-state index is 0.331. The molecule has 1 aromatic rings. The van der Waals surface area contributed by atoms with Crippen molar-refractivity contribution < 1.29 is 8.42 Å². The second-order valence-electron chi connectivity index (χ2n) is 5.82. The van der Waals surface area contributed by atoms with Crippen molar-refractivity contribution in [2.24, 2.45) is 13.0 Å². The fourth-order valence-electron chi connectivity index (χ4n) is 2.99. The molecule has 0 saturated carbocycles. The summed E-state index contributed by atoms with van der Waals surface area (Å²) in [6.45, 7) is 3.03. The predicted molar refractivity (Wildman–Crippen MR) is 80.4 cm³/mol. The third kappa shape index (κ3) is 4.59. The van der Waals surface area contributed by atoms with E-state index in [9.17, 15) is 8.42 Å². The third-order valence-corrected chi connectivity index (χ3v) is 5.81. The molecule has 114 valence electrons. The fourth-order valence-corrected chi connectivity index (χ4v) is 4.87. The summed E-state index contributed by atoms with van der Waals surface area (Å²) in [6, 6.07) is 0.401. The lowest BCUT2D eigenvalue weighted by molar-refractivity contribution is 0.393. The van der Waals surface area contributed by atoms with Crippen LogP contribution in [0.25, 0.3) is 0 Å². The standard InChI is InChI=1S/C14H25N3O2S/c1-3-15-14(5-4-13-9-16-17(2)10-13)8-12-6-7-20(18,19)11-12/h9-10,12,14-15H,3-8,11H2,1-2H3. The molecule has 2 unspecified atom stereocenters. The molecule has 1 aromatic heterocycles. The maximum absolute atomic E-state index is 11.5. The Labute approximate surface area is 121 Å². The van der Waals surface area contributed by atoms with Gasteiger partial charge in [-0.3, -0.25) is 4.68 Å². The molecule has 1 saturated heterocycles. The Kier molecular flexibility index (Phi) is 5.21. The van der Waals surface area contributed by atoms with Crippen molar-refractivity contribution >= 4 is 9.84 Å². The van der Waals surface area contributed by atoms with Crippen LogP contribution in [0.1, 0.15) is 31.7 Å². The zero-order valence-corrected chi connectivity index (χ0v) is 13.2. The molecule has 2 heterocycles. The van der Waals surface area contributed by atoms with E-state index < -0.39 is 9.84 Å². The van der Waals surface area contributed by atoms with Gasteiger partial charge in [-0.2, -0.15) is 5.10 Å². The molecule has 0 radical (unpaired) electrons. The lowest BCUT2D eigenvalue weighted by Crippen LogP contribution is -2.31. The van der Waals surface area contributed by atoms with E-state index in [1.54, 1.807) is 0 Å². The first kappa shape index (κ1) is 15.5. The lowest BCUT2D eigenvalue weighted by Gasteiger charge is -2.20. The van der Waals surface area contributed by atoms with Crippen LogP contribution in [-0.4, -0.2) is 42.3 Å². The van der Waals surface area contributed by atoms with E-state index in [1.165, 1.54) is 5.56 Å². The Balaban J connectivity index is 1.84. The summed E-state index contributed by atoms with van der Waals surface area (Å²) >= 11 is 0. The quantitative estimate of drug-likeness (QED) is 0.820. The van der Waals surface area contributed by atoms with Gasteiger partial charge in [0.1, 0.15) is 0 Å². The second kappa shape index (κ2) is 6.72. The summed E-state index contributed by atoms with van der Waals surface area (Å²) in [5.41, 5.74) is 1.24. The summed E-state index contributed by atoms with van der Waals surface area (Å²) in [5, 5.41) is 7.67. The SMILES string of the molecule is CCNC(CCc1cnn(C)c1)CC1CCS(=O)(=O)C1. The van der Waals surface area contributed by atoms with E-state index in [2.05, 4.69) is 17.3 Å². The molecule has 0 bridgehead atoms. The average molecular weight is 299 g/mol. The first-order chi connectivity index (χ1) is 9.48. The van der Waals surface area contributed by atoms with E-state index in [0.29, 0.717) is 23.5 Å². The third-order valence-electron chi connectivity index (χ3n) is 3.98. The molecule has 0 aromatic carbocycles. The van der Waals surface area contributed by atoms with Gasteiger partial charge >= 0.3 is 0 Å². The van der Waals surface area contributed by atoms with Crippen LogP contribution in [0, 0.1) is 5.92 Å². The van der Waals surface area contributed by atoms with Crippen LogP contribution < -0.4 is 5.32 Å². The highest BCUT2D eigenvalue weighted by Crippen LogP contribution is 2.24. The molecule has 0 aliphatic carbocycles. The van der Waals surface area contributed by atoms with Gasteiger partial charge in [-0.05, 0) is 43.7 Å². The summed E-state index contributed by atoms with van der Waals surface area (Å²) in [4.78, 5) is 0. The number of aryl methyl sites for hydroxylation is 2. The number of sulfone groups is 1. The normalized spacial score (nSPS) is 23.0. The van der Waals surface area contributed by atoms with Crippen LogP contribution in [0.4, 0.5) is 0 Å². The van der Waals surface area contributed by atoms with Gasteiger partial charge in [0.25, 0.3) is 0 Å². The minimum Gasteiger partial charge on any atom is -0.314 e. The van der Waals surface area contributed by atoms with Gasteiger partial charge in [0, 0.05) is 19.3 Å². The number of aromatic nitrogens is 2. The highest BCUT2D eigenvalue weighted by atomic mass is 32.2. The monoisotopic (exact) mass is 299 g/mol. The first-order valence-corrected chi connectivity index (χ1v) is 9.22. The molecule has 1 aliphatic rings. The first-order valence-electron chi connectivity index (χ1n) is 7.40. The van der Waals surface area contributed by atoms with Crippen molar-refractivity contribution in [3.05, 3.63) is 18.0 Å². The van der Waals surface area contributed by atoms with Gasteiger partial charge < -0.3 is 5.32 Å². The van der Waals surface area contributed by atoms with Crippen LogP contribution in [-0.2, 0) is 23.3 Å². The zero-order valence-electron chi connectivity index (χ0n) is 12.4. The maximum atomic E-state index is 11.5. The number of hydrogen-bond acceptors (Lipinski definition) is 4. The molecule has 1 aliphatic heterocycles. The number of nitrogens with zero attached hydrogens (tertiary/aromatic N) is 2. The van der Waals surface area contributed by atoms with Crippen molar-refractivity contribution in [3.63, 3.8) is 0 Å². The molecule has 0 amide bonds. The Morgan fingerprint density at radius 2 is 2.35 bits per heavy atom. The maximum Gasteiger partial charge on any atom is 0.150 e. The minimum atomic E-state index is -2.76. The van der Waals surface area contributed by atoms with Crippen LogP contribution in [0.5, 0.6) is 0 Å². The Bertz CT molecular complexity index is 524. The van der Waals surface area contributed by atoms with Crippen LogP contribution in [0.3, 0.4) is 0 Å². The molecule has 1 fully saturated rings. The summed E-state index contributed by atoms with van der Waals surface area (Å²) < 4.78 is 24.9. The van der Waals surface area contributed by atoms with E-state index in [0.717, 1.165) is 32.2 Å². The molecule has 2 atom stereocenters. The largest absolute Gasteiger partial charge is 0.314 e. The highest BCUT2D eigenvalue weighted by molar-refractivity contribution is 7.91. The second-order valence-corrected chi connectivity index (χ2v) is 8.05. The Morgan fingerprint density at radius 3 is 2.90 bits per heavy atom. The highest BCUT2D eigenvalue weighted by Gasteiger charge is 2.29. The van der Waals surface area contributed by atoms with E-state index in [-0.39, 0.29) is 0 Å². The van der Waals surface area contributed by atoms with Crippen molar-refractivity contribution in [2.45, 2.75) is 38.6 Å². The molecular formula is C14H25N3O2S. The van der Waals surface area contributed by atoms with E-state index in [1.807, 2.05) is 24.1 Å².